The monoisotopic (exact) mass is 366 g/mol. The molecule has 8 heteroatoms. The number of hydrogen-bond acceptors (Lipinski definition) is 4. The Morgan fingerprint density at radius 3 is 2.78 bits per heavy atom. The van der Waals surface area contributed by atoms with Crippen LogP contribution in [0.1, 0.15) is 31.4 Å². The fourth-order valence-corrected chi connectivity index (χ4v) is 2.80. The lowest BCUT2D eigenvalue weighted by molar-refractivity contribution is 0.593. The largest absolute Gasteiger partial charge is 0.356 e. The van der Waals surface area contributed by atoms with Crippen LogP contribution >= 0.6 is 0 Å². The standard InChI is InChI=1S/C19H26N8/c1-16(17-7-5-8-18(13-17)27-12-6-10-24-27)25-19(20-2)21-9-3-4-11-26-14-22-23-15-26/h5-8,10,12-16H,3-4,9,11H2,1-2H3,(H2,20,21,25). The zero-order valence-corrected chi connectivity index (χ0v) is 15.8. The minimum Gasteiger partial charge on any atom is -0.356 e. The summed E-state index contributed by atoms with van der Waals surface area (Å²) in [6.45, 7) is 3.92. The number of benzene rings is 1. The van der Waals surface area contributed by atoms with Crippen LogP contribution in [-0.4, -0.2) is 44.1 Å². The van der Waals surface area contributed by atoms with E-state index in [0.717, 1.165) is 37.6 Å². The summed E-state index contributed by atoms with van der Waals surface area (Å²) >= 11 is 0. The number of nitrogens with zero attached hydrogens (tertiary/aromatic N) is 6. The average Bonchev–Trinajstić information content (AvgIpc) is 3.41. The van der Waals surface area contributed by atoms with Gasteiger partial charge in [0.2, 0.25) is 0 Å². The van der Waals surface area contributed by atoms with Gasteiger partial charge in [0.05, 0.1) is 11.7 Å². The van der Waals surface area contributed by atoms with E-state index in [1.807, 2.05) is 33.6 Å². The minimum absolute atomic E-state index is 0.128. The second kappa shape index (κ2) is 9.51. The highest BCUT2D eigenvalue weighted by Gasteiger charge is 2.09. The Labute approximate surface area is 159 Å². The zero-order valence-electron chi connectivity index (χ0n) is 15.8. The maximum absolute atomic E-state index is 4.33. The van der Waals surface area contributed by atoms with Crippen LogP contribution in [0.25, 0.3) is 5.69 Å². The van der Waals surface area contributed by atoms with Gasteiger partial charge in [0.1, 0.15) is 12.7 Å². The summed E-state index contributed by atoms with van der Waals surface area (Å²) in [5.41, 5.74) is 2.22. The molecule has 0 bridgehead atoms. The topological polar surface area (TPSA) is 85.0 Å². The van der Waals surface area contributed by atoms with Gasteiger partial charge < -0.3 is 15.2 Å². The van der Waals surface area contributed by atoms with Crippen LogP contribution in [-0.2, 0) is 6.54 Å². The van der Waals surface area contributed by atoms with Gasteiger partial charge in [-0.15, -0.1) is 10.2 Å². The van der Waals surface area contributed by atoms with Crippen LogP contribution in [0, 0.1) is 0 Å². The van der Waals surface area contributed by atoms with Crippen molar-refractivity contribution >= 4 is 5.96 Å². The Balaban J connectivity index is 1.47. The second-order valence-corrected chi connectivity index (χ2v) is 6.32. The molecule has 0 aliphatic heterocycles. The van der Waals surface area contributed by atoms with Crippen molar-refractivity contribution in [2.45, 2.75) is 32.4 Å². The Kier molecular flexibility index (Phi) is 6.56. The first-order valence-electron chi connectivity index (χ1n) is 9.16. The minimum atomic E-state index is 0.128. The van der Waals surface area contributed by atoms with Crippen LogP contribution in [0.2, 0.25) is 0 Å². The molecule has 1 atom stereocenters. The molecule has 3 rings (SSSR count). The van der Waals surface area contributed by atoms with Gasteiger partial charge in [0.15, 0.2) is 5.96 Å². The van der Waals surface area contributed by atoms with Crippen molar-refractivity contribution in [3.63, 3.8) is 0 Å². The maximum atomic E-state index is 4.33. The van der Waals surface area contributed by atoms with Gasteiger partial charge in [0.25, 0.3) is 0 Å². The van der Waals surface area contributed by atoms with Crippen molar-refractivity contribution in [1.82, 2.24) is 35.2 Å². The van der Waals surface area contributed by atoms with E-state index in [9.17, 15) is 0 Å². The van der Waals surface area contributed by atoms with Gasteiger partial charge in [-0.05, 0) is 43.5 Å². The molecule has 1 unspecified atom stereocenters. The predicted octanol–water partition coefficient (Wildman–Crippen LogP) is 2.17. The molecule has 2 aromatic heterocycles. The number of aliphatic imine (C=N–C) groups is 1. The van der Waals surface area contributed by atoms with Gasteiger partial charge in [-0.3, -0.25) is 4.99 Å². The molecule has 2 N–H and O–H groups in total. The summed E-state index contributed by atoms with van der Waals surface area (Å²) in [5, 5.41) is 18.7. The highest BCUT2D eigenvalue weighted by Crippen LogP contribution is 2.16. The van der Waals surface area contributed by atoms with E-state index >= 15 is 0 Å². The highest BCUT2D eigenvalue weighted by atomic mass is 15.3. The summed E-state index contributed by atoms with van der Waals surface area (Å²) in [6.07, 6.45) is 9.31. The van der Waals surface area contributed by atoms with Crippen LogP contribution in [0.3, 0.4) is 0 Å². The molecule has 0 aliphatic carbocycles. The fourth-order valence-electron chi connectivity index (χ4n) is 2.80. The molecule has 2 heterocycles. The lowest BCUT2D eigenvalue weighted by Crippen LogP contribution is -2.39. The van der Waals surface area contributed by atoms with Crippen molar-refractivity contribution in [3.8, 4) is 5.69 Å². The normalized spacial score (nSPS) is 12.7. The molecule has 0 radical (unpaired) electrons. The van der Waals surface area contributed by atoms with E-state index in [-0.39, 0.29) is 6.04 Å². The van der Waals surface area contributed by atoms with Crippen LogP contribution in [0.15, 0.2) is 60.4 Å². The smallest absolute Gasteiger partial charge is 0.191 e. The van der Waals surface area contributed by atoms with E-state index in [2.05, 4.69) is 50.0 Å². The van der Waals surface area contributed by atoms with Crippen LogP contribution in [0.5, 0.6) is 0 Å². The lowest BCUT2D eigenvalue weighted by atomic mass is 10.1. The molecule has 0 fully saturated rings. The van der Waals surface area contributed by atoms with Crippen LogP contribution < -0.4 is 10.6 Å². The van der Waals surface area contributed by atoms with Gasteiger partial charge in [-0.25, -0.2) is 4.68 Å². The molecular formula is C19H26N8. The first-order valence-corrected chi connectivity index (χ1v) is 9.16. The number of unbranched alkanes of at least 4 members (excludes halogenated alkanes) is 1. The van der Waals surface area contributed by atoms with E-state index in [0.29, 0.717) is 0 Å². The van der Waals surface area contributed by atoms with Crippen molar-refractivity contribution in [3.05, 3.63) is 60.9 Å². The summed E-state index contributed by atoms with van der Waals surface area (Å²) in [7, 11) is 1.79. The Hall–Kier alpha value is -3.16. The fraction of sp³-hybridized carbons (Fsp3) is 0.368. The van der Waals surface area contributed by atoms with Gasteiger partial charge in [0, 0.05) is 32.5 Å². The SMILES string of the molecule is CN=C(NCCCCn1cnnc1)NC(C)c1cccc(-n2cccn2)c1. The molecule has 0 saturated heterocycles. The zero-order chi connectivity index (χ0) is 18.9. The maximum Gasteiger partial charge on any atom is 0.191 e. The van der Waals surface area contributed by atoms with Crippen molar-refractivity contribution < 1.29 is 0 Å². The predicted molar refractivity (Wildman–Crippen MR) is 106 cm³/mol. The number of aromatic nitrogens is 5. The van der Waals surface area contributed by atoms with Gasteiger partial charge >= 0.3 is 0 Å². The number of hydrogen-bond donors (Lipinski definition) is 2. The van der Waals surface area contributed by atoms with Crippen molar-refractivity contribution in [2.24, 2.45) is 4.99 Å². The second-order valence-electron chi connectivity index (χ2n) is 6.32. The Bertz CT molecular complexity index is 823. The molecular weight excluding hydrogens is 340 g/mol. The van der Waals surface area contributed by atoms with Crippen LogP contribution in [0.4, 0.5) is 0 Å². The molecule has 0 spiro atoms. The van der Waals surface area contributed by atoms with Crippen molar-refractivity contribution in [1.29, 1.82) is 0 Å². The van der Waals surface area contributed by atoms with E-state index in [1.54, 1.807) is 25.9 Å². The number of aryl methyl sites for hydroxylation is 1. The molecule has 3 aromatic rings. The molecule has 8 nitrogen and oxygen atoms in total. The third kappa shape index (κ3) is 5.40. The van der Waals surface area contributed by atoms with E-state index in [1.165, 1.54) is 5.56 Å². The summed E-state index contributed by atoms with van der Waals surface area (Å²) < 4.78 is 3.85. The Morgan fingerprint density at radius 1 is 1.19 bits per heavy atom. The molecule has 27 heavy (non-hydrogen) atoms. The molecule has 1 aromatic carbocycles. The van der Waals surface area contributed by atoms with E-state index < -0.39 is 0 Å². The number of rotatable bonds is 8. The quantitative estimate of drug-likeness (QED) is 0.363. The number of guanidine groups is 1. The van der Waals surface area contributed by atoms with Gasteiger partial charge in [-0.1, -0.05) is 12.1 Å². The van der Waals surface area contributed by atoms with Gasteiger partial charge in [-0.2, -0.15) is 5.10 Å². The molecule has 0 amide bonds. The lowest BCUT2D eigenvalue weighted by Gasteiger charge is -2.19. The molecule has 142 valence electrons. The highest BCUT2D eigenvalue weighted by molar-refractivity contribution is 5.80. The average molecular weight is 366 g/mol. The molecule has 0 saturated carbocycles. The first kappa shape index (κ1) is 18.6. The summed E-state index contributed by atoms with van der Waals surface area (Å²) in [5.74, 6) is 0.802. The Morgan fingerprint density at radius 2 is 2.04 bits per heavy atom. The van der Waals surface area contributed by atoms with Crippen molar-refractivity contribution in [2.75, 3.05) is 13.6 Å². The summed E-state index contributed by atoms with van der Waals surface area (Å²) in [4.78, 5) is 4.33. The third-order valence-corrected chi connectivity index (χ3v) is 4.32. The number of nitrogens with one attached hydrogen (secondary N) is 2. The third-order valence-electron chi connectivity index (χ3n) is 4.32. The first-order chi connectivity index (χ1) is 13.3. The molecule has 0 aliphatic rings. The van der Waals surface area contributed by atoms with E-state index in [4.69, 9.17) is 0 Å². The summed E-state index contributed by atoms with van der Waals surface area (Å²) in [6, 6.07) is 10.4.